The van der Waals surface area contributed by atoms with Gasteiger partial charge in [-0.05, 0) is 44.0 Å². The first kappa shape index (κ1) is 25.4. The van der Waals surface area contributed by atoms with Gasteiger partial charge in [0, 0.05) is 37.3 Å². The van der Waals surface area contributed by atoms with Gasteiger partial charge in [-0.2, -0.15) is 13.2 Å². The predicted octanol–water partition coefficient (Wildman–Crippen LogP) is 3.99. The van der Waals surface area contributed by atoms with Crippen LogP contribution in [0.4, 0.5) is 13.2 Å². The number of rotatable bonds is 8. The van der Waals surface area contributed by atoms with Gasteiger partial charge in [-0.15, -0.1) is 10.2 Å². The number of nitrogens with zero attached hydrogens (tertiary/aromatic N) is 5. The van der Waals surface area contributed by atoms with Crippen LogP contribution in [-0.2, 0) is 0 Å². The van der Waals surface area contributed by atoms with E-state index in [1.165, 1.54) is 17.2 Å². The lowest BCUT2D eigenvalue weighted by molar-refractivity contribution is -0.184. The zero-order valence-electron chi connectivity index (χ0n) is 20.6. The Balaban J connectivity index is 1.53. The third kappa shape index (κ3) is 5.25. The fraction of sp³-hybridized carbons (Fsp3) is 0.423. The first-order valence-electron chi connectivity index (χ1n) is 12.3. The van der Waals surface area contributed by atoms with Gasteiger partial charge in [0.05, 0.1) is 12.7 Å². The number of aromatic nitrogens is 4. The molecule has 8 nitrogen and oxygen atoms in total. The summed E-state index contributed by atoms with van der Waals surface area (Å²) in [6, 6.07) is 10.5. The molecule has 196 valence electrons. The van der Waals surface area contributed by atoms with Gasteiger partial charge < -0.3 is 15.2 Å². The Hall–Kier alpha value is -3.28. The van der Waals surface area contributed by atoms with Gasteiger partial charge in [-0.25, -0.2) is 4.98 Å². The molecule has 4 heterocycles. The minimum Gasteiger partial charge on any atom is -0.489 e. The minimum absolute atomic E-state index is 0.0455. The molecule has 2 N–H and O–H groups in total. The van der Waals surface area contributed by atoms with E-state index in [2.05, 4.69) is 15.5 Å². The Morgan fingerprint density at radius 1 is 1.14 bits per heavy atom. The van der Waals surface area contributed by atoms with E-state index in [1.807, 2.05) is 38.1 Å². The number of pyridine rings is 2. The summed E-state index contributed by atoms with van der Waals surface area (Å²) in [5.41, 5.74) is 1.66. The Kier molecular flexibility index (Phi) is 7.02. The molecule has 2 atom stereocenters. The van der Waals surface area contributed by atoms with Gasteiger partial charge in [0.15, 0.2) is 11.5 Å². The summed E-state index contributed by atoms with van der Waals surface area (Å²) in [6.07, 6.45) is -2.48. The van der Waals surface area contributed by atoms with Gasteiger partial charge in [0.2, 0.25) is 0 Å². The third-order valence-electron chi connectivity index (χ3n) is 6.46. The fourth-order valence-electron chi connectivity index (χ4n) is 4.90. The molecular formula is C26H29F3N6O2. The number of alkyl halides is 3. The summed E-state index contributed by atoms with van der Waals surface area (Å²) in [5.74, 6) is 0.974. The number of halogens is 3. The number of aliphatic hydroxyl groups is 1. The maximum absolute atomic E-state index is 14.3. The number of benzene rings is 1. The molecule has 0 saturated carbocycles. The van der Waals surface area contributed by atoms with Crippen molar-refractivity contribution >= 4 is 16.6 Å². The molecule has 5 rings (SSSR count). The van der Waals surface area contributed by atoms with Crippen molar-refractivity contribution in [2.24, 2.45) is 0 Å². The normalized spacial score (nSPS) is 17.8. The van der Waals surface area contributed by atoms with Gasteiger partial charge in [-0.1, -0.05) is 24.3 Å². The number of fused-ring (bicyclic) bond motifs is 2. The first-order chi connectivity index (χ1) is 17.7. The molecule has 1 aromatic carbocycles. The molecule has 0 amide bonds. The molecule has 0 spiro atoms. The highest BCUT2D eigenvalue weighted by atomic mass is 19.4. The smallest absolute Gasteiger partial charge is 0.408 e. The van der Waals surface area contributed by atoms with Crippen molar-refractivity contribution in [2.75, 3.05) is 26.2 Å². The summed E-state index contributed by atoms with van der Waals surface area (Å²) in [6.45, 7) is 4.69. The maximum atomic E-state index is 14.3. The second kappa shape index (κ2) is 10.2. The molecule has 11 heteroatoms. The summed E-state index contributed by atoms with van der Waals surface area (Å²) in [4.78, 5) is 6.18. The summed E-state index contributed by atoms with van der Waals surface area (Å²) in [5, 5.41) is 21.4. The van der Waals surface area contributed by atoms with E-state index in [0.29, 0.717) is 47.9 Å². The molecule has 1 unspecified atom stereocenters. The minimum atomic E-state index is -4.47. The lowest BCUT2D eigenvalue weighted by atomic mass is 10.1. The molecule has 0 radical (unpaired) electrons. The molecule has 3 aromatic heterocycles. The molecule has 37 heavy (non-hydrogen) atoms. The molecule has 1 aliphatic rings. The van der Waals surface area contributed by atoms with Crippen LogP contribution in [0.1, 0.15) is 31.9 Å². The van der Waals surface area contributed by atoms with Crippen LogP contribution >= 0.6 is 0 Å². The standard InChI is InChI=1S/C26H29F3N6O2/c1-16(2)37-21-5-3-4-17-6-8-20(31-23(17)21)25-33-32-22-9-7-18(14-35(22)25)24(26(27,28)29)34-12-10-19(15-34)30-11-13-36/h3-9,14,16,19,24,30,36H,10-13,15H2,1-2H3/t19?,24-/m1/s1. The SMILES string of the molecule is CC(C)Oc1cccc2ccc(-c3nnc4ccc([C@@H](N5CCC(NCCO)C5)C(F)(F)F)cn34)nc12. The van der Waals surface area contributed by atoms with E-state index < -0.39 is 12.2 Å². The van der Waals surface area contributed by atoms with Crippen molar-refractivity contribution in [3.8, 4) is 17.3 Å². The van der Waals surface area contributed by atoms with Crippen LogP contribution in [0.15, 0.2) is 48.7 Å². The van der Waals surface area contributed by atoms with Crippen molar-refractivity contribution in [3.05, 3.63) is 54.2 Å². The predicted molar refractivity (Wildman–Crippen MR) is 133 cm³/mol. The summed E-state index contributed by atoms with van der Waals surface area (Å²) in [7, 11) is 0. The van der Waals surface area contributed by atoms with E-state index in [4.69, 9.17) is 14.8 Å². The second-order valence-corrected chi connectivity index (χ2v) is 9.51. The highest BCUT2D eigenvalue weighted by Gasteiger charge is 2.46. The average Bonchev–Trinajstić information content (AvgIpc) is 3.48. The van der Waals surface area contributed by atoms with Crippen LogP contribution in [0, 0.1) is 0 Å². The topological polar surface area (TPSA) is 87.8 Å². The molecule has 4 aromatic rings. The van der Waals surface area contributed by atoms with Crippen molar-refractivity contribution in [1.29, 1.82) is 0 Å². The molecule has 0 bridgehead atoms. The van der Waals surface area contributed by atoms with Crippen molar-refractivity contribution in [1.82, 2.24) is 29.8 Å². The Morgan fingerprint density at radius 2 is 1.97 bits per heavy atom. The van der Waals surface area contributed by atoms with Gasteiger partial charge in [0.1, 0.15) is 23.0 Å². The Morgan fingerprint density at radius 3 is 2.73 bits per heavy atom. The van der Waals surface area contributed by atoms with Crippen molar-refractivity contribution in [3.63, 3.8) is 0 Å². The van der Waals surface area contributed by atoms with Crippen LogP contribution in [0.2, 0.25) is 0 Å². The Bertz CT molecular complexity index is 1390. The zero-order chi connectivity index (χ0) is 26.2. The number of nitrogens with one attached hydrogen (secondary N) is 1. The number of hydrogen-bond acceptors (Lipinski definition) is 7. The lowest BCUT2D eigenvalue weighted by Crippen LogP contribution is -2.40. The van der Waals surface area contributed by atoms with Gasteiger partial charge in [-0.3, -0.25) is 9.30 Å². The van der Waals surface area contributed by atoms with E-state index >= 15 is 0 Å². The van der Waals surface area contributed by atoms with Crippen molar-refractivity contribution in [2.45, 2.75) is 44.6 Å². The van der Waals surface area contributed by atoms with E-state index in [1.54, 1.807) is 16.5 Å². The van der Waals surface area contributed by atoms with Gasteiger partial charge >= 0.3 is 6.18 Å². The van der Waals surface area contributed by atoms with Crippen LogP contribution in [0.3, 0.4) is 0 Å². The van der Waals surface area contributed by atoms with Crippen LogP contribution in [0.25, 0.3) is 28.1 Å². The molecular weight excluding hydrogens is 485 g/mol. The number of ether oxygens (including phenoxy) is 1. The van der Waals surface area contributed by atoms with Crippen LogP contribution in [-0.4, -0.2) is 74.2 Å². The molecule has 1 aliphatic heterocycles. The third-order valence-corrected chi connectivity index (χ3v) is 6.46. The number of hydrogen-bond donors (Lipinski definition) is 2. The maximum Gasteiger partial charge on any atom is 0.408 e. The quantitative estimate of drug-likeness (QED) is 0.368. The fourth-order valence-corrected chi connectivity index (χ4v) is 4.90. The first-order valence-corrected chi connectivity index (χ1v) is 12.3. The number of para-hydroxylation sites is 1. The van der Waals surface area contributed by atoms with E-state index in [-0.39, 0.29) is 30.9 Å². The average molecular weight is 515 g/mol. The summed E-state index contributed by atoms with van der Waals surface area (Å²) < 4.78 is 50.5. The van der Waals surface area contributed by atoms with Gasteiger partial charge in [0.25, 0.3) is 0 Å². The number of likely N-dealkylation sites (tertiary alicyclic amines) is 1. The molecule has 1 fully saturated rings. The summed E-state index contributed by atoms with van der Waals surface area (Å²) >= 11 is 0. The monoisotopic (exact) mass is 514 g/mol. The highest BCUT2D eigenvalue weighted by molar-refractivity contribution is 5.86. The molecule has 0 aliphatic carbocycles. The second-order valence-electron chi connectivity index (χ2n) is 9.51. The van der Waals surface area contributed by atoms with E-state index in [9.17, 15) is 13.2 Å². The largest absolute Gasteiger partial charge is 0.489 e. The Labute approximate surface area is 212 Å². The van der Waals surface area contributed by atoms with Crippen LogP contribution in [0.5, 0.6) is 5.75 Å². The van der Waals surface area contributed by atoms with E-state index in [0.717, 1.165) is 5.39 Å². The number of aliphatic hydroxyl groups excluding tert-OH is 1. The molecule has 1 saturated heterocycles. The highest BCUT2D eigenvalue weighted by Crippen LogP contribution is 2.40. The zero-order valence-corrected chi connectivity index (χ0v) is 20.6. The van der Waals surface area contributed by atoms with Crippen molar-refractivity contribution < 1.29 is 23.0 Å². The van der Waals surface area contributed by atoms with Crippen LogP contribution < -0.4 is 10.1 Å². The lowest BCUT2D eigenvalue weighted by Gasteiger charge is -2.30.